The lowest BCUT2D eigenvalue weighted by atomic mass is 9.82. The van der Waals surface area contributed by atoms with E-state index in [9.17, 15) is 4.79 Å². The Balaban J connectivity index is 1.70. The average molecular weight is 418 g/mol. The predicted molar refractivity (Wildman–Crippen MR) is 116 cm³/mol. The third kappa shape index (κ3) is 3.20. The summed E-state index contributed by atoms with van der Waals surface area (Å²) < 4.78 is 7.23. The van der Waals surface area contributed by atoms with Crippen molar-refractivity contribution >= 4 is 23.0 Å². The molecule has 0 amide bonds. The molecular weight excluding hydrogens is 398 g/mol. The number of methoxy groups -OCH3 is 1. The van der Waals surface area contributed by atoms with Crippen LogP contribution < -0.4 is 0 Å². The van der Waals surface area contributed by atoms with Crippen LogP contribution in [0.4, 0.5) is 0 Å². The van der Waals surface area contributed by atoms with E-state index in [0.717, 1.165) is 28.9 Å². The van der Waals surface area contributed by atoms with Gasteiger partial charge in [0, 0.05) is 24.8 Å². The predicted octanol–water partition coefficient (Wildman–Crippen LogP) is 5.11. The first-order chi connectivity index (χ1) is 14.7. The summed E-state index contributed by atoms with van der Waals surface area (Å²) in [7, 11) is 1.64. The molecule has 1 aliphatic carbocycles. The molecule has 1 atom stereocenters. The number of halogens is 1. The average Bonchev–Trinajstić information content (AvgIpc) is 3.13. The fourth-order valence-electron chi connectivity index (χ4n) is 4.28. The molecule has 0 spiro atoms. The van der Waals surface area contributed by atoms with Crippen molar-refractivity contribution in [3.8, 4) is 11.1 Å². The Morgan fingerprint density at radius 3 is 2.73 bits per heavy atom. The van der Waals surface area contributed by atoms with Crippen molar-refractivity contribution in [3.63, 3.8) is 0 Å². The molecule has 0 N–H and O–H groups in total. The zero-order valence-electron chi connectivity index (χ0n) is 16.5. The van der Waals surface area contributed by atoms with Gasteiger partial charge in [-0.2, -0.15) is 5.10 Å². The maximum absolute atomic E-state index is 12.9. The Bertz CT molecular complexity index is 1250. The molecule has 30 heavy (non-hydrogen) atoms. The molecule has 1 aliphatic rings. The number of fused-ring (bicyclic) bond motifs is 3. The maximum atomic E-state index is 12.9. The molecule has 5 nitrogen and oxygen atoms in total. The van der Waals surface area contributed by atoms with Gasteiger partial charge in [0.2, 0.25) is 0 Å². The number of benzene rings is 2. The monoisotopic (exact) mass is 417 g/mol. The summed E-state index contributed by atoms with van der Waals surface area (Å²) in [4.78, 5) is 17.6. The summed E-state index contributed by atoms with van der Waals surface area (Å²) in [6.45, 7) is 0.343. The molecular formula is C24H20ClN3O2. The zero-order valence-corrected chi connectivity index (χ0v) is 17.3. The number of carbonyl (C=O) groups is 1. The van der Waals surface area contributed by atoms with E-state index in [0.29, 0.717) is 29.3 Å². The van der Waals surface area contributed by atoms with Gasteiger partial charge in [-0.1, -0.05) is 54.1 Å². The summed E-state index contributed by atoms with van der Waals surface area (Å²) in [6, 6.07) is 17.8. The number of carbonyl (C=O) groups excluding carboxylic acids is 1. The quantitative estimate of drug-likeness (QED) is 0.463. The van der Waals surface area contributed by atoms with E-state index in [4.69, 9.17) is 21.4 Å². The molecule has 0 fully saturated rings. The SMILES string of the molecule is COCc1nn2c3c(cnc2c1-c1cccc(Cl)c1)C(=O)C[C@@H](c1ccccc1)C3. The maximum Gasteiger partial charge on any atom is 0.166 e. The van der Waals surface area contributed by atoms with Gasteiger partial charge in [0.15, 0.2) is 11.4 Å². The number of Topliss-reactive ketones (excluding diaryl/α,β-unsaturated/α-hetero) is 1. The molecule has 0 radical (unpaired) electrons. The second-order valence-electron chi connectivity index (χ2n) is 7.56. The van der Waals surface area contributed by atoms with E-state index in [2.05, 4.69) is 17.1 Å². The summed E-state index contributed by atoms with van der Waals surface area (Å²) in [5.74, 6) is 0.231. The summed E-state index contributed by atoms with van der Waals surface area (Å²) in [6.07, 6.45) is 2.91. The van der Waals surface area contributed by atoms with Crippen molar-refractivity contribution in [2.75, 3.05) is 7.11 Å². The van der Waals surface area contributed by atoms with Crippen LogP contribution in [-0.2, 0) is 17.8 Å². The second-order valence-corrected chi connectivity index (χ2v) is 7.99. The van der Waals surface area contributed by atoms with Crippen LogP contribution in [0.5, 0.6) is 0 Å². The third-order valence-corrected chi connectivity index (χ3v) is 5.89. The van der Waals surface area contributed by atoms with Gasteiger partial charge in [0.1, 0.15) is 0 Å². The molecule has 0 saturated carbocycles. The van der Waals surface area contributed by atoms with Gasteiger partial charge >= 0.3 is 0 Å². The number of ketones is 1. The molecule has 6 heteroatoms. The summed E-state index contributed by atoms with van der Waals surface area (Å²) in [5.41, 5.74) is 6.02. The van der Waals surface area contributed by atoms with Crippen molar-refractivity contribution in [2.24, 2.45) is 0 Å². The molecule has 2 heterocycles. The molecule has 150 valence electrons. The zero-order chi connectivity index (χ0) is 20.7. The minimum atomic E-state index is 0.104. The Labute approximate surface area is 179 Å². The van der Waals surface area contributed by atoms with Crippen molar-refractivity contribution in [2.45, 2.75) is 25.4 Å². The summed E-state index contributed by atoms with van der Waals surface area (Å²) in [5, 5.41) is 5.46. The Morgan fingerprint density at radius 2 is 1.97 bits per heavy atom. The van der Waals surface area contributed by atoms with Crippen molar-refractivity contribution in [3.05, 3.63) is 88.3 Å². The highest BCUT2D eigenvalue weighted by Crippen LogP contribution is 2.36. The van der Waals surface area contributed by atoms with Crippen LogP contribution >= 0.6 is 11.6 Å². The van der Waals surface area contributed by atoms with E-state index in [1.807, 2.05) is 47.0 Å². The van der Waals surface area contributed by atoms with Crippen LogP contribution in [0.15, 0.2) is 60.8 Å². The van der Waals surface area contributed by atoms with E-state index in [-0.39, 0.29) is 11.7 Å². The molecule has 0 bridgehead atoms. The van der Waals surface area contributed by atoms with E-state index in [1.54, 1.807) is 13.3 Å². The molecule has 0 aliphatic heterocycles. The number of rotatable bonds is 4. The number of aromatic nitrogens is 3. The largest absolute Gasteiger partial charge is 0.378 e. The van der Waals surface area contributed by atoms with Crippen LogP contribution in [0.2, 0.25) is 5.02 Å². The fourth-order valence-corrected chi connectivity index (χ4v) is 4.47. The number of hydrogen-bond acceptors (Lipinski definition) is 4. The highest BCUT2D eigenvalue weighted by atomic mass is 35.5. The summed E-state index contributed by atoms with van der Waals surface area (Å²) >= 11 is 6.24. The first-order valence-electron chi connectivity index (χ1n) is 9.88. The number of hydrogen-bond donors (Lipinski definition) is 0. The van der Waals surface area contributed by atoms with E-state index < -0.39 is 0 Å². The lowest BCUT2D eigenvalue weighted by Crippen LogP contribution is -2.22. The smallest absolute Gasteiger partial charge is 0.166 e. The first kappa shape index (κ1) is 19.0. The van der Waals surface area contributed by atoms with Gasteiger partial charge in [-0.15, -0.1) is 0 Å². The van der Waals surface area contributed by atoms with Gasteiger partial charge in [-0.3, -0.25) is 4.79 Å². The van der Waals surface area contributed by atoms with Gasteiger partial charge < -0.3 is 4.74 Å². The standard InChI is InChI=1S/C24H20ClN3O2/c1-30-14-20-23(16-8-5-9-18(25)10-16)24-26-13-19-21(28(24)27-20)11-17(12-22(19)29)15-6-3-2-4-7-15/h2-10,13,17H,11-12,14H2,1H3/t17-/m0/s1. The highest BCUT2D eigenvalue weighted by Gasteiger charge is 2.30. The van der Waals surface area contributed by atoms with E-state index in [1.165, 1.54) is 5.56 Å². The van der Waals surface area contributed by atoms with Crippen molar-refractivity contribution in [1.82, 2.24) is 14.6 Å². The molecule has 0 unspecified atom stereocenters. The molecule has 2 aromatic heterocycles. The van der Waals surface area contributed by atoms with Crippen LogP contribution in [0, 0.1) is 0 Å². The Morgan fingerprint density at radius 1 is 1.13 bits per heavy atom. The normalized spacial score (nSPS) is 16.1. The lowest BCUT2D eigenvalue weighted by Gasteiger charge is -2.24. The topological polar surface area (TPSA) is 56.5 Å². The van der Waals surface area contributed by atoms with Gasteiger partial charge in [0.25, 0.3) is 0 Å². The number of nitrogens with zero attached hydrogens (tertiary/aromatic N) is 3. The first-order valence-corrected chi connectivity index (χ1v) is 10.3. The second kappa shape index (κ2) is 7.67. The molecule has 0 saturated heterocycles. The van der Waals surface area contributed by atoms with Gasteiger partial charge in [0.05, 0.1) is 29.1 Å². The number of ether oxygens (including phenoxy) is 1. The van der Waals surface area contributed by atoms with Crippen molar-refractivity contribution < 1.29 is 9.53 Å². The van der Waals surface area contributed by atoms with Crippen molar-refractivity contribution in [1.29, 1.82) is 0 Å². The van der Waals surface area contributed by atoms with E-state index >= 15 is 0 Å². The third-order valence-electron chi connectivity index (χ3n) is 5.65. The minimum absolute atomic E-state index is 0.104. The molecule has 2 aromatic carbocycles. The molecule has 4 aromatic rings. The Kier molecular flexibility index (Phi) is 4.85. The van der Waals surface area contributed by atoms with Crippen LogP contribution in [0.3, 0.4) is 0 Å². The lowest BCUT2D eigenvalue weighted by molar-refractivity contribution is 0.0962. The van der Waals surface area contributed by atoms with Crippen LogP contribution in [0.25, 0.3) is 16.8 Å². The highest BCUT2D eigenvalue weighted by molar-refractivity contribution is 6.30. The minimum Gasteiger partial charge on any atom is -0.378 e. The van der Waals surface area contributed by atoms with Gasteiger partial charge in [-0.25, -0.2) is 9.50 Å². The van der Waals surface area contributed by atoms with Gasteiger partial charge in [-0.05, 0) is 35.6 Å². The Hall–Kier alpha value is -3.02. The fraction of sp³-hybridized carbons (Fsp3) is 0.208. The molecule has 5 rings (SSSR count). The van der Waals surface area contributed by atoms with Crippen LogP contribution in [0.1, 0.15) is 39.6 Å². The van der Waals surface area contributed by atoms with Crippen LogP contribution in [-0.4, -0.2) is 27.5 Å².